The van der Waals surface area contributed by atoms with E-state index < -0.39 is 4.92 Å². The molecule has 0 saturated heterocycles. The van der Waals surface area contributed by atoms with Gasteiger partial charge in [0.1, 0.15) is 0 Å². The summed E-state index contributed by atoms with van der Waals surface area (Å²) < 4.78 is 0. The molecule has 0 aliphatic carbocycles. The van der Waals surface area contributed by atoms with Crippen LogP contribution in [0.3, 0.4) is 0 Å². The van der Waals surface area contributed by atoms with E-state index in [0.717, 1.165) is 30.6 Å². The van der Waals surface area contributed by atoms with Gasteiger partial charge in [0, 0.05) is 24.5 Å². The summed E-state index contributed by atoms with van der Waals surface area (Å²) in [7, 11) is 0. The molecule has 7 heteroatoms. The maximum atomic E-state index is 12.1. The largest absolute Gasteiger partial charge is 0.320 e. The Morgan fingerprint density at radius 1 is 1.32 bits per heavy atom. The van der Waals surface area contributed by atoms with Gasteiger partial charge in [-0.3, -0.25) is 14.9 Å². The van der Waals surface area contributed by atoms with Gasteiger partial charge < -0.3 is 5.32 Å². The second-order valence-corrected chi connectivity index (χ2v) is 7.02. The summed E-state index contributed by atoms with van der Waals surface area (Å²) in [5, 5.41) is 23.8. The van der Waals surface area contributed by atoms with Crippen molar-refractivity contribution < 1.29 is 9.72 Å². The zero-order valence-electron chi connectivity index (χ0n) is 14.2. The minimum Gasteiger partial charge on any atom is -0.320 e. The molecule has 1 amide bonds. The predicted octanol–water partition coefficient (Wildman–Crippen LogP) is 4.25. The Bertz CT molecular complexity index is 707. The van der Waals surface area contributed by atoms with Crippen molar-refractivity contribution in [2.45, 2.75) is 44.9 Å². The fourth-order valence-electron chi connectivity index (χ4n) is 2.75. The molecule has 0 aromatic heterocycles. The highest BCUT2D eigenvalue weighted by molar-refractivity contribution is 8.03. The van der Waals surface area contributed by atoms with Crippen LogP contribution in [-0.2, 0) is 4.79 Å². The number of allylic oxidation sites excluding steroid dienone is 1. The van der Waals surface area contributed by atoms with Crippen molar-refractivity contribution in [1.82, 2.24) is 5.32 Å². The molecule has 132 valence electrons. The number of nitro groups is 1. The first-order chi connectivity index (χ1) is 12.1. The Kier molecular flexibility index (Phi) is 7.02. The van der Waals surface area contributed by atoms with Crippen molar-refractivity contribution in [1.29, 1.82) is 5.26 Å². The molecule has 1 aliphatic rings. The van der Waals surface area contributed by atoms with Crippen LogP contribution in [-0.4, -0.2) is 16.6 Å². The second kappa shape index (κ2) is 9.23. The number of nitro benzene ring substituents is 1. The number of thioether (sulfide) groups is 1. The number of benzene rings is 1. The van der Waals surface area contributed by atoms with Gasteiger partial charge in [-0.25, -0.2) is 0 Å². The lowest BCUT2D eigenvalue weighted by Gasteiger charge is -2.25. The van der Waals surface area contributed by atoms with E-state index in [-0.39, 0.29) is 23.9 Å². The van der Waals surface area contributed by atoms with Gasteiger partial charge in [0.15, 0.2) is 0 Å². The van der Waals surface area contributed by atoms with Crippen LogP contribution in [0.4, 0.5) is 5.69 Å². The van der Waals surface area contributed by atoms with Crippen LogP contribution in [0.25, 0.3) is 0 Å². The number of nitrogens with zero attached hydrogens (tertiary/aromatic N) is 2. The topological polar surface area (TPSA) is 96.0 Å². The molecular formula is C18H21N3O3S. The third kappa shape index (κ3) is 5.07. The highest BCUT2D eigenvalue weighted by atomic mass is 32.2. The number of amides is 1. The number of hydrogen-bond acceptors (Lipinski definition) is 5. The summed E-state index contributed by atoms with van der Waals surface area (Å²) in [5.41, 5.74) is 1.28. The van der Waals surface area contributed by atoms with Crippen LogP contribution in [0.1, 0.15) is 50.5 Å². The third-order valence-corrected chi connectivity index (χ3v) is 5.21. The Balaban J connectivity index is 2.18. The zero-order valence-corrected chi connectivity index (χ0v) is 15.0. The quantitative estimate of drug-likeness (QED) is 0.425. The number of rotatable bonds is 8. The van der Waals surface area contributed by atoms with E-state index in [1.807, 2.05) is 0 Å². The fraction of sp³-hybridized carbons (Fsp3) is 0.444. The molecule has 0 fully saturated rings. The molecule has 2 rings (SSSR count). The Labute approximate surface area is 151 Å². The van der Waals surface area contributed by atoms with E-state index in [9.17, 15) is 20.2 Å². The van der Waals surface area contributed by atoms with E-state index in [0.29, 0.717) is 10.6 Å². The van der Waals surface area contributed by atoms with Crippen LogP contribution in [0.2, 0.25) is 0 Å². The number of hydrogen-bond donors (Lipinski definition) is 1. The van der Waals surface area contributed by atoms with E-state index in [1.165, 1.54) is 30.3 Å². The van der Waals surface area contributed by atoms with E-state index in [4.69, 9.17) is 0 Å². The highest BCUT2D eigenvalue weighted by Gasteiger charge is 2.29. The van der Waals surface area contributed by atoms with Crippen LogP contribution < -0.4 is 5.32 Å². The monoisotopic (exact) mass is 359 g/mol. The van der Waals surface area contributed by atoms with Crippen molar-refractivity contribution in [3.05, 3.63) is 50.5 Å². The molecular weight excluding hydrogens is 338 g/mol. The van der Waals surface area contributed by atoms with Gasteiger partial charge in [-0.05, 0) is 17.7 Å². The molecule has 1 atom stereocenters. The average Bonchev–Trinajstić information content (AvgIpc) is 2.61. The van der Waals surface area contributed by atoms with Gasteiger partial charge in [-0.15, -0.1) is 11.8 Å². The lowest BCUT2D eigenvalue weighted by molar-refractivity contribution is -0.384. The van der Waals surface area contributed by atoms with Gasteiger partial charge in [0.2, 0.25) is 5.91 Å². The molecule has 1 aromatic rings. The van der Waals surface area contributed by atoms with Crippen LogP contribution >= 0.6 is 11.8 Å². The van der Waals surface area contributed by atoms with Gasteiger partial charge in [-0.2, -0.15) is 5.26 Å². The summed E-state index contributed by atoms with van der Waals surface area (Å²) in [4.78, 5) is 22.4. The van der Waals surface area contributed by atoms with Crippen LogP contribution in [0.5, 0.6) is 0 Å². The molecule has 0 radical (unpaired) electrons. The molecule has 1 aliphatic heterocycles. The van der Waals surface area contributed by atoms with Crippen molar-refractivity contribution in [2.75, 3.05) is 5.75 Å². The first kappa shape index (κ1) is 19.0. The van der Waals surface area contributed by atoms with E-state index in [1.54, 1.807) is 12.1 Å². The van der Waals surface area contributed by atoms with E-state index >= 15 is 0 Å². The SMILES string of the molecule is CCCCCCSC1=C(C#N)[C@H](c2ccc([N+](=O)[O-])cc2)CC(=O)N1. The number of nitriles is 1. The normalized spacial score (nSPS) is 17.1. The van der Waals surface area contributed by atoms with Crippen LogP contribution in [0.15, 0.2) is 34.9 Å². The standard InChI is InChI=1S/C18H21N3O3S/c1-2-3-4-5-10-25-18-16(12-19)15(11-17(22)20-18)13-6-8-14(9-7-13)21(23)24/h6-9,15H,2-5,10-11H2,1H3,(H,20,22)/t15-/m0/s1. The van der Waals surface area contributed by atoms with Gasteiger partial charge in [-0.1, -0.05) is 38.3 Å². The highest BCUT2D eigenvalue weighted by Crippen LogP contribution is 2.36. The van der Waals surface area contributed by atoms with Crippen molar-refractivity contribution in [3.8, 4) is 6.07 Å². The number of carbonyl (C=O) groups excluding carboxylic acids is 1. The molecule has 6 nitrogen and oxygen atoms in total. The predicted molar refractivity (Wildman–Crippen MR) is 97.8 cm³/mol. The average molecular weight is 359 g/mol. The first-order valence-electron chi connectivity index (χ1n) is 8.38. The van der Waals surface area contributed by atoms with Crippen molar-refractivity contribution in [2.24, 2.45) is 0 Å². The van der Waals surface area contributed by atoms with Gasteiger partial charge >= 0.3 is 0 Å². The third-order valence-electron chi connectivity index (χ3n) is 4.11. The zero-order chi connectivity index (χ0) is 18.2. The smallest absolute Gasteiger partial charge is 0.269 e. The summed E-state index contributed by atoms with van der Waals surface area (Å²) in [6, 6.07) is 8.30. The minimum absolute atomic E-state index is 0.00276. The summed E-state index contributed by atoms with van der Waals surface area (Å²) in [6.45, 7) is 2.15. The van der Waals surface area contributed by atoms with Gasteiger partial charge in [0.25, 0.3) is 5.69 Å². The molecule has 0 saturated carbocycles. The number of carbonyl (C=O) groups is 1. The molecule has 1 heterocycles. The summed E-state index contributed by atoms with van der Waals surface area (Å²) in [5.74, 6) is 0.379. The maximum absolute atomic E-state index is 12.1. The summed E-state index contributed by atoms with van der Waals surface area (Å²) >= 11 is 1.51. The fourth-order valence-corrected chi connectivity index (χ4v) is 3.83. The molecule has 1 aromatic carbocycles. The number of unbranched alkanes of at least 4 members (excludes halogenated alkanes) is 3. The van der Waals surface area contributed by atoms with Gasteiger partial charge in [0.05, 0.1) is 21.6 Å². The van der Waals surface area contributed by atoms with E-state index in [2.05, 4.69) is 18.3 Å². The van der Waals surface area contributed by atoms with Crippen molar-refractivity contribution >= 4 is 23.4 Å². The Morgan fingerprint density at radius 2 is 2.04 bits per heavy atom. The molecule has 1 N–H and O–H groups in total. The lowest BCUT2D eigenvalue weighted by atomic mass is 9.87. The lowest BCUT2D eigenvalue weighted by Crippen LogP contribution is -2.30. The Hall–Kier alpha value is -2.33. The van der Waals surface area contributed by atoms with Crippen LogP contribution in [0, 0.1) is 21.4 Å². The molecule has 0 unspecified atom stereocenters. The Morgan fingerprint density at radius 3 is 2.64 bits per heavy atom. The maximum Gasteiger partial charge on any atom is 0.269 e. The minimum atomic E-state index is -0.462. The molecule has 0 bridgehead atoms. The molecule has 0 spiro atoms. The number of non-ortho nitro benzene ring substituents is 1. The summed E-state index contributed by atoms with van der Waals surface area (Å²) in [6.07, 6.45) is 4.70. The van der Waals surface area contributed by atoms with Crippen molar-refractivity contribution in [3.63, 3.8) is 0 Å². The number of nitrogens with one attached hydrogen (secondary N) is 1. The molecule has 25 heavy (non-hydrogen) atoms. The second-order valence-electron chi connectivity index (χ2n) is 5.92. The first-order valence-corrected chi connectivity index (χ1v) is 9.36.